The van der Waals surface area contributed by atoms with Gasteiger partial charge in [0.25, 0.3) is 0 Å². The third-order valence-corrected chi connectivity index (χ3v) is 2.09. The van der Waals surface area contributed by atoms with Crippen molar-refractivity contribution >= 4 is 15.9 Å². The van der Waals surface area contributed by atoms with Crippen LogP contribution < -0.4 is 5.73 Å². The van der Waals surface area contributed by atoms with Crippen molar-refractivity contribution in [1.29, 1.82) is 0 Å². The van der Waals surface area contributed by atoms with Crippen molar-refractivity contribution < 1.29 is 17.6 Å². The summed E-state index contributed by atoms with van der Waals surface area (Å²) in [6.07, 6.45) is -4.07. The molecule has 1 heterocycles. The Hall–Kier alpha value is -0.490. The molecule has 0 aromatic carbocycles. The van der Waals surface area contributed by atoms with Crippen LogP contribution >= 0.6 is 15.9 Å². The lowest BCUT2D eigenvalue weighted by Crippen LogP contribution is -2.19. The zero-order valence-corrected chi connectivity index (χ0v) is 8.02. The summed E-state index contributed by atoms with van der Waals surface area (Å²) in [5.74, 6) is 0.123. The molecule has 2 N–H and O–H groups in total. The second kappa shape index (κ2) is 3.71. The van der Waals surface area contributed by atoms with Gasteiger partial charge in [0.1, 0.15) is 5.76 Å². The number of hydrogen-bond acceptors (Lipinski definition) is 2. The number of alkyl halides is 3. The van der Waals surface area contributed by atoms with Crippen molar-refractivity contribution in [2.24, 2.45) is 5.73 Å². The maximum Gasteiger partial charge on any atom is 0.391 e. The van der Waals surface area contributed by atoms with Crippen molar-refractivity contribution in [2.45, 2.75) is 18.6 Å². The van der Waals surface area contributed by atoms with Gasteiger partial charge in [-0.05, 0) is 22.0 Å². The molecule has 1 rings (SSSR count). The van der Waals surface area contributed by atoms with Crippen LogP contribution in [0.2, 0.25) is 0 Å². The van der Waals surface area contributed by atoms with E-state index in [0.29, 0.717) is 4.47 Å². The van der Waals surface area contributed by atoms with Gasteiger partial charge in [-0.25, -0.2) is 0 Å². The Balaban J connectivity index is 2.69. The molecular weight excluding hydrogens is 251 g/mol. The fraction of sp³-hybridized carbons (Fsp3) is 0.429. The minimum Gasteiger partial charge on any atom is -0.466 e. The van der Waals surface area contributed by atoms with Gasteiger partial charge in [0.15, 0.2) is 0 Å². The molecule has 1 unspecified atom stereocenters. The molecule has 0 radical (unpaired) electrons. The highest BCUT2D eigenvalue weighted by Crippen LogP contribution is 2.31. The quantitative estimate of drug-likeness (QED) is 0.885. The summed E-state index contributed by atoms with van der Waals surface area (Å²) in [5.41, 5.74) is 5.28. The van der Waals surface area contributed by atoms with Gasteiger partial charge < -0.3 is 10.2 Å². The summed E-state index contributed by atoms with van der Waals surface area (Å²) in [4.78, 5) is 0. The zero-order chi connectivity index (χ0) is 10.1. The largest absolute Gasteiger partial charge is 0.466 e. The molecular formula is C7H7BrF3NO. The molecule has 0 spiro atoms. The molecule has 0 amide bonds. The topological polar surface area (TPSA) is 39.2 Å². The maximum atomic E-state index is 11.9. The minimum absolute atomic E-state index is 0.123. The summed E-state index contributed by atoms with van der Waals surface area (Å²) in [6.45, 7) is 0. The summed E-state index contributed by atoms with van der Waals surface area (Å²) < 4.78 is 40.9. The van der Waals surface area contributed by atoms with E-state index in [0.717, 1.165) is 0 Å². The van der Waals surface area contributed by atoms with Gasteiger partial charge in [-0.3, -0.25) is 0 Å². The summed E-state index contributed by atoms with van der Waals surface area (Å²) in [6, 6.07) is 0.357. The molecule has 74 valence electrons. The molecule has 0 aliphatic heterocycles. The van der Waals surface area contributed by atoms with E-state index >= 15 is 0 Å². The van der Waals surface area contributed by atoms with E-state index in [4.69, 9.17) is 10.2 Å². The number of rotatable bonds is 2. The average molecular weight is 258 g/mol. The first-order valence-electron chi connectivity index (χ1n) is 3.45. The Morgan fingerprint density at radius 1 is 1.54 bits per heavy atom. The second-order valence-corrected chi connectivity index (χ2v) is 3.41. The molecule has 13 heavy (non-hydrogen) atoms. The molecule has 0 saturated carbocycles. The molecule has 2 nitrogen and oxygen atoms in total. The Labute approximate surface area is 81.0 Å². The normalized spacial score (nSPS) is 14.5. The number of hydrogen-bond donors (Lipinski definition) is 1. The van der Waals surface area contributed by atoms with Crippen LogP contribution in [-0.4, -0.2) is 6.18 Å². The first-order valence-corrected chi connectivity index (χ1v) is 4.24. The van der Waals surface area contributed by atoms with Gasteiger partial charge in [0.2, 0.25) is 0 Å². The van der Waals surface area contributed by atoms with Gasteiger partial charge >= 0.3 is 6.18 Å². The zero-order valence-electron chi connectivity index (χ0n) is 6.44. The van der Waals surface area contributed by atoms with E-state index in [1.165, 1.54) is 12.3 Å². The van der Waals surface area contributed by atoms with Crippen LogP contribution in [0.25, 0.3) is 0 Å². The minimum atomic E-state index is -4.27. The van der Waals surface area contributed by atoms with Crippen molar-refractivity contribution in [3.05, 3.63) is 22.6 Å². The lowest BCUT2D eigenvalue weighted by Gasteiger charge is -2.11. The predicted molar refractivity (Wildman–Crippen MR) is 44.0 cm³/mol. The van der Waals surface area contributed by atoms with Crippen molar-refractivity contribution in [3.63, 3.8) is 0 Å². The number of nitrogens with two attached hydrogens (primary N) is 1. The molecule has 0 saturated heterocycles. The molecule has 1 aromatic heterocycles. The molecule has 0 fully saturated rings. The van der Waals surface area contributed by atoms with Gasteiger partial charge in [0.05, 0.1) is 23.2 Å². The van der Waals surface area contributed by atoms with E-state index in [9.17, 15) is 13.2 Å². The third-order valence-electron chi connectivity index (χ3n) is 1.43. The standard InChI is InChI=1S/C7H7BrF3NO/c8-4-1-2-13-6(4)5(12)3-7(9,10)11/h1-2,5H,3,12H2. The van der Waals surface area contributed by atoms with E-state index in [2.05, 4.69) is 15.9 Å². The Morgan fingerprint density at radius 2 is 2.15 bits per heavy atom. The van der Waals surface area contributed by atoms with Crippen LogP contribution in [0.1, 0.15) is 18.2 Å². The van der Waals surface area contributed by atoms with Crippen molar-refractivity contribution in [2.75, 3.05) is 0 Å². The first-order chi connectivity index (χ1) is 5.90. The highest BCUT2D eigenvalue weighted by atomic mass is 79.9. The first kappa shape index (κ1) is 10.6. The molecule has 6 heteroatoms. The lowest BCUT2D eigenvalue weighted by atomic mass is 10.2. The van der Waals surface area contributed by atoms with Crippen LogP contribution in [0.4, 0.5) is 13.2 Å². The maximum absolute atomic E-state index is 11.9. The molecule has 1 aromatic rings. The highest BCUT2D eigenvalue weighted by molar-refractivity contribution is 9.10. The Bertz CT molecular complexity index is 284. The monoisotopic (exact) mass is 257 g/mol. The SMILES string of the molecule is NC(CC(F)(F)F)c1occc1Br. The molecule has 1 atom stereocenters. The van der Waals surface area contributed by atoms with Gasteiger partial charge in [-0.15, -0.1) is 0 Å². The van der Waals surface area contributed by atoms with Crippen LogP contribution in [0.3, 0.4) is 0 Å². The third kappa shape index (κ3) is 3.04. The van der Waals surface area contributed by atoms with E-state index < -0.39 is 18.6 Å². The number of furan rings is 1. The second-order valence-electron chi connectivity index (χ2n) is 2.56. The van der Waals surface area contributed by atoms with E-state index in [-0.39, 0.29) is 5.76 Å². The lowest BCUT2D eigenvalue weighted by molar-refractivity contribution is -0.139. The van der Waals surface area contributed by atoms with Gasteiger partial charge in [-0.2, -0.15) is 13.2 Å². The Kier molecular flexibility index (Phi) is 3.02. The Morgan fingerprint density at radius 3 is 2.54 bits per heavy atom. The number of halogens is 4. The average Bonchev–Trinajstić information content (AvgIpc) is 2.30. The van der Waals surface area contributed by atoms with Crippen molar-refractivity contribution in [1.82, 2.24) is 0 Å². The fourth-order valence-corrected chi connectivity index (χ4v) is 1.41. The summed E-state index contributed by atoms with van der Waals surface area (Å²) in [5, 5.41) is 0. The van der Waals surface area contributed by atoms with Gasteiger partial charge in [0, 0.05) is 0 Å². The van der Waals surface area contributed by atoms with Crippen molar-refractivity contribution in [3.8, 4) is 0 Å². The highest BCUT2D eigenvalue weighted by Gasteiger charge is 2.32. The van der Waals surface area contributed by atoms with E-state index in [1.807, 2.05) is 0 Å². The summed E-state index contributed by atoms with van der Waals surface area (Å²) in [7, 11) is 0. The van der Waals surface area contributed by atoms with Crippen LogP contribution in [0.5, 0.6) is 0 Å². The van der Waals surface area contributed by atoms with Gasteiger partial charge in [-0.1, -0.05) is 0 Å². The van der Waals surface area contributed by atoms with E-state index in [1.54, 1.807) is 0 Å². The fourth-order valence-electron chi connectivity index (χ4n) is 0.912. The predicted octanol–water partition coefficient (Wildman–Crippen LogP) is 2.99. The van der Waals surface area contributed by atoms with Crippen LogP contribution in [-0.2, 0) is 0 Å². The summed E-state index contributed by atoms with van der Waals surface area (Å²) >= 11 is 3.03. The molecule has 0 aliphatic rings. The molecule has 0 aliphatic carbocycles. The van der Waals surface area contributed by atoms with Crippen LogP contribution in [0.15, 0.2) is 21.2 Å². The van der Waals surface area contributed by atoms with Crippen LogP contribution in [0, 0.1) is 0 Å². The molecule has 0 bridgehead atoms. The smallest absolute Gasteiger partial charge is 0.391 e.